The smallest absolute Gasteiger partial charge is 0.337 e. The zero-order valence-electron chi connectivity index (χ0n) is 10.9. The molecule has 0 unspecified atom stereocenters. The average Bonchev–Trinajstić information content (AvgIpc) is 2.34. The highest BCUT2D eigenvalue weighted by Crippen LogP contribution is 2.19. The number of hydrogen-bond donors (Lipinski definition) is 1. The monoisotopic (exact) mass is 250 g/mol. The molecule has 0 bridgehead atoms. The Morgan fingerprint density at radius 1 is 1.17 bits per heavy atom. The van der Waals surface area contributed by atoms with E-state index in [0.29, 0.717) is 18.7 Å². The van der Waals surface area contributed by atoms with Crippen LogP contribution in [0, 0.1) is 0 Å². The van der Waals surface area contributed by atoms with Gasteiger partial charge in [0.15, 0.2) is 0 Å². The van der Waals surface area contributed by atoms with Crippen molar-refractivity contribution >= 4 is 17.6 Å². The lowest BCUT2D eigenvalue weighted by atomic mass is 10.1. The lowest BCUT2D eigenvalue weighted by Crippen LogP contribution is -2.30. The molecule has 0 saturated heterocycles. The molecule has 0 heterocycles. The fourth-order valence-corrected chi connectivity index (χ4v) is 1.57. The topological polar surface area (TPSA) is 60.9 Å². The summed E-state index contributed by atoms with van der Waals surface area (Å²) in [7, 11) is 5.37. The van der Waals surface area contributed by atoms with Crippen molar-refractivity contribution in [2.24, 2.45) is 0 Å². The predicted octanol–water partition coefficient (Wildman–Crippen LogP) is 1.30. The predicted molar refractivity (Wildman–Crippen MR) is 70.0 cm³/mol. The fourth-order valence-electron chi connectivity index (χ4n) is 1.57. The van der Waals surface area contributed by atoms with Gasteiger partial charge in [-0.2, -0.15) is 0 Å². The number of hydrogen-bond acceptors (Lipinski definition) is 3. The molecule has 5 heteroatoms. The van der Waals surface area contributed by atoms with E-state index in [1.165, 1.54) is 11.0 Å². The van der Waals surface area contributed by atoms with Crippen LogP contribution in [0.5, 0.6) is 0 Å². The van der Waals surface area contributed by atoms with Crippen LogP contribution in [-0.4, -0.2) is 49.6 Å². The van der Waals surface area contributed by atoms with Gasteiger partial charge in [0.25, 0.3) is 0 Å². The first kappa shape index (κ1) is 14.2. The second-order valence-corrected chi connectivity index (χ2v) is 4.33. The SMILES string of the molecule is CN(C)CCC(=O)N(C)c1ccccc1C(=O)O. The summed E-state index contributed by atoms with van der Waals surface area (Å²) < 4.78 is 0. The van der Waals surface area contributed by atoms with E-state index in [4.69, 9.17) is 5.11 Å². The summed E-state index contributed by atoms with van der Waals surface area (Å²) in [6, 6.07) is 6.49. The van der Waals surface area contributed by atoms with Gasteiger partial charge in [-0.05, 0) is 26.2 Å². The number of benzene rings is 1. The van der Waals surface area contributed by atoms with E-state index >= 15 is 0 Å². The molecule has 0 spiro atoms. The summed E-state index contributed by atoms with van der Waals surface area (Å²) in [5, 5.41) is 9.07. The molecule has 1 rings (SSSR count). The van der Waals surface area contributed by atoms with Crippen LogP contribution < -0.4 is 4.90 Å². The molecule has 0 radical (unpaired) electrons. The number of para-hydroxylation sites is 1. The third kappa shape index (κ3) is 3.56. The Hall–Kier alpha value is -1.88. The zero-order valence-corrected chi connectivity index (χ0v) is 10.9. The Morgan fingerprint density at radius 2 is 1.78 bits per heavy atom. The number of carbonyl (C=O) groups is 2. The van der Waals surface area contributed by atoms with E-state index in [1.807, 2.05) is 19.0 Å². The van der Waals surface area contributed by atoms with Crippen LogP contribution in [0.1, 0.15) is 16.8 Å². The van der Waals surface area contributed by atoms with Gasteiger partial charge in [0, 0.05) is 20.0 Å². The molecule has 5 nitrogen and oxygen atoms in total. The molecular formula is C13H18N2O3. The number of carbonyl (C=O) groups excluding carboxylic acids is 1. The van der Waals surface area contributed by atoms with Crippen LogP contribution in [0.2, 0.25) is 0 Å². The fraction of sp³-hybridized carbons (Fsp3) is 0.385. The van der Waals surface area contributed by atoms with Crippen molar-refractivity contribution in [3.05, 3.63) is 29.8 Å². The largest absolute Gasteiger partial charge is 0.478 e. The van der Waals surface area contributed by atoms with Gasteiger partial charge in [-0.25, -0.2) is 4.79 Å². The highest BCUT2D eigenvalue weighted by atomic mass is 16.4. The molecule has 1 N–H and O–H groups in total. The highest BCUT2D eigenvalue weighted by molar-refractivity contribution is 6.01. The lowest BCUT2D eigenvalue weighted by molar-refractivity contribution is -0.118. The Morgan fingerprint density at radius 3 is 2.33 bits per heavy atom. The van der Waals surface area contributed by atoms with Crippen molar-refractivity contribution in [2.45, 2.75) is 6.42 Å². The molecule has 0 aliphatic heterocycles. The lowest BCUT2D eigenvalue weighted by Gasteiger charge is -2.20. The van der Waals surface area contributed by atoms with Crippen LogP contribution in [0.3, 0.4) is 0 Å². The summed E-state index contributed by atoms with van der Waals surface area (Å²) in [5.41, 5.74) is 0.562. The minimum atomic E-state index is -1.03. The number of carboxylic acids is 1. The highest BCUT2D eigenvalue weighted by Gasteiger charge is 2.17. The van der Waals surface area contributed by atoms with Crippen LogP contribution >= 0.6 is 0 Å². The van der Waals surface area contributed by atoms with Gasteiger partial charge >= 0.3 is 5.97 Å². The summed E-state index contributed by atoms with van der Waals surface area (Å²) in [5.74, 6) is -1.13. The average molecular weight is 250 g/mol. The maximum Gasteiger partial charge on any atom is 0.337 e. The number of carboxylic acid groups (broad SMARTS) is 1. The first-order valence-electron chi connectivity index (χ1n) is 5.67. The zero-order chi connectivity index (χ0) is 13.7. The molecular weight excluding hydrogens is 232 g/mol. The maximum atomic E-state index is 11.9. The van der Waals surface area contributed by atoms with E-state index in [-0.39, 0.29) is 11.5 Å². The first-order chi connectivity index (χ1) is 8.43. The van der Waals surface area contributed by atoms with Crippen LogP contribution in [0.15, 0.2) is 24.3 Å². The Bertz CT molecular complexity index is 444. The summed E-state index contributed by atoms with van der Waals surface area (Å²) in [6.45, 7) is 0.637. The van der Waals surface area contributed by atoms with Crippen LogP contribution in [0.25, 0.3) is 0 Å². The molecule has 0 atom stereocenters. The number of aromatic carboxylic acids is 1. The molecule has 1 aromatic rings. The molecule has 1 amide bonds. The number of anilines is 1. The van der Waals surface area contributed by atoms with Crippen molar-refractivity contribution in [3.8, 4) is 0 Å². The second-order valence-electron chi connectivity index (χ2n) is 4.33. The second kappa shape index (κ2) is 6.16. The Kier molecular flexibility index (Phi) is 4.85. The van der Waals surface area contributed by atoms with Gasteiger partial charge in [-0.1, -0.05) is 12.1 Å². The van der Waals surface area contributed by atoms with Crippen LogP contribution in [-0.2, 0) is 4.79 Å². The number of amides is 1. The Labute approximate surface area is 107 Å². The molecule has 1 aromatic carbocycles. The molecule has 0 aliphatic carbocycles. The molecule has 0 fully saturated rings. The quantitative estimate of drug-likeness (QED) is 0.855. The van der Waals surface area contributed by atoms with E-state index in [1.54, 1.807) is 25.2 Å². The summed E-state index contributed by atoms with van der Waals surface area (Å²) >= 11 is 0. The third-order valence-electron chi connectivity index (χ3n) is 2.64. The van der Waals surface area contributed by atoms with E-state index in [9.17, 15) is 9.59 Å². The van der Waals surface area contributed by atoms with Gasteiger partial charge in [-0.15, -0.1) is 0 Å². The molecule has 98 valence electrons. The summed E-state index contributed by atoms with van der Waals surface area (Å²) in [6.07, 6.45) is 0.359. The molecule has 18 heavy (non-hydrogen) atoms. The van der Waals surface area contributed by atoms with Crippen molar-refractivity contribution in [2.75, 3.05) is 32.6 Å². The number of rotatable bonds is 5. The van der Waals surface area contributed by atoms with Crippen molar-refractivity contribution in [1.82, 2.24) is 4.90 Å². The van der Waals surface area contributed by atoms with Crippen molar-refractivity contribution in [3.63, 3.8) is 0 Å². The van der Waals surface area contributed by atoms with E-state index in [2.05, 4.69) is 0 Å². The molecule has 0 saturated carbocycles. The standard InChI is InChI=1S/C13H18N2O3/c1-14(2)9-8-12(16)15(3)11-7-5-4-6-10(11)13(17)18/h4-7H,8-9H2,1-3H3,(H,17,18). The maximum absolute atomic E-state index is 11.9. The summed E-state index contributed by atoms with van der Waals surface area (Å²) in [4.78, 5) is 26.3. The van der Waals surface area contributed by atoms with Gasteiger partial charge in [0.05, 0.1) is 11.3 Å². The van der Waals surface area contributed by atoms with E-state index in [0.717, 1.165) is 0 Å². The van der Waals surface area contributed by atoms with Crippen molar-refractivity contribution < 1.29 is 14.7 Å². The number of nitrogens with zero attached hydrogens (tertiary/aromatic N) is 2. The first-order valence-corrected chi connectivity index (χ1v) is 5.67. The minimum absolute atomic E-state index is 0.0996. The minimum Gasteiger partial charge on any atom is -0.478 e. The normalized spacial score (nSPS) is 10.4. The molecule has 0 aliphatic rings. The van der Waals surface area contributed by atoms with Crippen LogP contribution in [0.4, 0.5) is 5.69 Å². The van der Waals surface area contributed by atoms with Gasteiger partial charge in [-0.3, -0.25) is 4.79 Å². The Balaban J connectivity index is 2.86. The van der Waals surface area contributed by atoms with Gasteiger partial charge in [0.2, 0.25) is 5.91 Å². The van der Waals surface area contributed by atoms with Crippen molar-refractivity contribution in [1.29, 1.82) is 0 Å². The molecule has 0 aromatic heterocycles. The van der Waals surface area contributed by atoms with E-state index < -0.39 is 5.97 Å². The van der Waals surface area contributed by atoms with Gasteiger partial charge in [0.1, 0.15) is 0 Å². The third-order valence-corrected chi connectivity index (χ3v) is 2.64. The van der Waals surface area contributed by atoms with Gasteiger partial charge < -0.3 is 14.9 Å².